The monoisotopic (exact) mass is 499 g/mol. The van der Waals surface area contributed by atoms with E-state index < -0.39 is 0 Å². The predicted octanol–water partition coefficient (Wildman–Crippen LogP) is 2.70. The summed E-state index contributed by atoms with van der Waals surface area (Å²) in [4.78, 5) is 20.9. The number of halogens is 1. The van der Waals surface area contributed by atoms with Crippen molar-refractivity contribution in [1.29, 1.82) is 0 Å². The van der Waals surface area contributed by atoms with Gasteiger partial charge in [-0.15, -0.1) is 24.0 Å². The van der Waals surface area contributed by atoms with Gasteiger partial charge in [-0.1, -0.05) is 18.2 Å². The lowest BCUT2D eigenvalue weighted by Crippen LogP contribution is -2.39. The van der Waals surface area contributed by atoms with Crippen molar-refractivity contribution < 1.29 is 4.79 Å². The molecule has 0 aliphatic carbocycles. The normalized spacial score (nSPS) is 19.7. The molecule has 2 heterocycles. The maximum Gasteiger partial charge on any atom is 0.222 e. The SMILES string of the molecule is CCNC(=NCC1CCN(c2ccccc2)C1)NCCCN1CCCC1=O.I. The van der Waals surface area contributed by atoms with E-state index in [9.17, 15) is 4.79 Å². The molecule has 0 saturated carbocycles. The third kappa shape index (κ3) is 6.83. The van der Waals surface area contributed by atoms with Crippen LogP contribution in [0, 0.1) is 5.92 Å². The van der Waals surface area contributed by atoms with Gasteiger partial charge >= 0.3 is 0 Å². The Balaban J connectivity index is 0.00000280. The largest absolute Gasteiger partial charge is 0.371 e. The number of hydrogen-bond acceptors (Lipinski definition) is 3. The van der Waals surface area contributed by atoms with E-state index in [0.29, 0.717) is 11.8 Å². The van der Waals surface area contributed by atoms with Crippen molar-refractivity contribution in [2.75, 3.05) is 50.7 Å². The molecule has 1 aromatic rings. The number of guanidine groups is 1. The predicted molar refractivity (Wildman–Crippen MR) is 127 cm³/mol. The number of anilines is 1. The summed E-state index contributed by atoms with van der Waals surface area (Å²) >= 11 is 0. The molecular formula is C21H34IN5O. The van der Waals surface area contributed by atoms with E-state index in [4.69, 9.17) is 4.99 Å². The van der Waals surface area contributed by atoms with Gasteiger partial charge in [0.15, 0.2) is 5.96 Å². The van der Waals surface area contributed by atoms with Crippen LogP contribution in [0.4, 0.5) is 5.69 Å². The lowest BCUT2D eigenvalue weighted by atomic mass is 10.1. The highest BCUT2D eigenvalue weighted by Crippen LogP contribution is 2.23. The van der Waals surface area contributed by atoms with Crippen LogP contribution < -0.4 is 15.5 Å². The summed E-state index contributed by atoms with van der Waals surface area (Å²) in [6.45, 7) is 8.60. The Morgan fingerprint density at radius 2 is 2.04 bits per heavy atom. The summed E-state index contributed by atoms with van der Waals surface area (Å²) in [5.41, 5.74) is 1.31. The maximum absolute atomic E-state index is 11.6. The molecule has 1 amide bonds. The zero-order valence-corrected chi connectivity index (χ0v) is 19.2. The molecule has 1 aromatic carbocycles. The molecule has 6 nitrogen and oxygen atoms in total. The Hall–Kier alpha value is -1.51. The number of hydrogen-bond donors (Lipinski definition) is 2. The molecule has 2 aliphatic rings. The molecular weight excluding hydrogens is 465 g/mol. The van der Waals surface area contributed by atoms with Crippen LogP contribution in [0.15, 0.2) is 35.3 Å². The summed E-state index contributed by atoms with van der Waals surface area (Å²) in [5, 5.41) is 6.75. The van der Waals surface area contributed by atoms with Crippen LogP contribution in [0.5, 0.6) is 0 Å². The van der Waals surface area contributed by atoms with Gasteiger partial charge in [-0.3, -0.25) is 9.79 Å². The second kappa shape index (κ2) is 12.1. The summed E-state index contributed by atoms with van der Waals surface area (Å²) in [7, 11) is 0. The Kier molecular flexibility index (Phi) is 9.87. The van der Waals surface area contributed by atoms with E-state index in [1.54, 1.807) is 0 Å². The molecule has 2 fully saturated rings. The summed E-state index contributed by atoms with van der Waals surface area (Å²) in [5.74, 6) is 1.80. The Morgan fingerprint density at radius 3 is 2.75 bits per heavy atom. The molecule has 28 heavy (non-hydrogen) atoms. The van der Waals surface area contributed by atoms with Gasteiger partial charge in [0.25, 0.3) is 0 Å². The highest BCUT2D eigenvalue weighted by molar-refractivity contribution is 14.0. The van der Waals surface area contributed by atoms with E-state index in [1.807, 2.05) is 4.90 Å². The molecule has 2 N–H and O–H groups in total. The van der Waals surface area contributed by atoms with Crippen molar-refractivity contribution in [1.82, 2.24) is 15.5 Å². The fraction of sp³-hybridized carbons (Fsp3) is 0.619. The van der Waals surface area contributed by atoms with Gasteiger partial charge in [-0.25, -0.2) is 0 Å². The third-order valence-corrected chi connectivity index (χ3v) is 5.33. The topological polar surface area (TPSA) is 60.0 Å². The summed E-state index contributed by atoms with van der Waals surface area (Å²) < 4.78 is 0. The highest BCUT2D eigenvalue weighted by Gasteiger charge is 2.22. The van der Waals surface area contributed by atoms with Crippen LogP contribution in [0.2, 0.25) is 0 Å². The smallest absolute Gasteiger partial charge is 0.222 e. The van der Waals surface area contributed by atoms with Crippen LogP contribution in [0.25, 0.3) is 0 Å². The van der Waals surface area contributed by atoms with Gasteiger partial charge in [0.1, 0.15) is 0 Å². The molecule has 0 aromatic heterocycles. The number of nitrogens with one attached hydrogen (secondary N) is 2. The lowest BCUT2D eigenvalue weighted by molar-refractivity contribution is -0.127. The van der Waals surface area contributed by atoms with Gasteiger partial charge in [-0.05, 0) is 44.2 Å². The molecule has 156 valence electrons. The molecule has 0 spiro atoms. The van der Waals surface area contributed by atoms with E-state index in [1.165, 1.54) is 12.1 Å². The molecule has 2 aliphatic heterocycles. The summed E-state index contributed by atoms with van der Waals surface area (Å²) in [6, 6.07) is 10.6. The van der Waals surface area contributed by atoms with E-state index >= 15 is 0 Å². The lowest BCUT2D eigenvalue weighted by Gasteiger charge is -2.18. The second-order valence-corrected chi connectivity index (χ2v) is 7.42. The van der Waals surface area contributed by atoms with E-state index in [0.717, 1.165) is 71.0 Å². The van der Waals surface area contributed by atoms with Crippen LogP contribution in [0.1, 0.15) is 32.6 Å². The third-order valence-electron chi connectivity index (χ3n) is 5.33. The van der Waals surface area contributed by atoms with Crippen molar-refractivity contribution in [3.8, 4) is 0 Å². The zero-order valence-electron chi connectivity index (χ0n) is 16.9. The summed E-state index contributed by atoms with van der Waals surface area (Å²) in [6.07, 6.45) is 3.88. The number of benzene rings is 1. The number of nitrogens with zero attached hydrogens (tertiary/aromatic N) is 3. The zero-order chi connectivity index (χ0) is 18.9. The first-order chi connectivity index (χ1) is 13.3. The Labute approximate surface area is 186 Å². The molecule has 0 bridgehead atoms. The average molecular weight is 499 g/mol. The average Bonchev–Trinajstić information content (AvgIpc) is 3.33. The fourth-order valence-electron chi connectivity index (χ4n) is 3.83. The fourth-order valence-corrected chi connectivity index (χ4v) is 3.83. The number of amides is 1. The number of carbonyl (C=O) groups excluding carboxylic acids is 1. The van der Waals surface area contributed by atoms with Gasteiger partial charge < -0.3 is 20.4 Å². The molecule has 3 rings (SSSR count). The highest BCUT2D eigenvalue weighted by atomic mass is 127. The molecule has 2 saturated heterocycles. The number of rotatable bonds is 8. The van der Waals surface area contributed by atoms with Crippen molar-refractivity contribution in [2.45, 2.75) is 32.6 Å². The van der Waals surface area contributed by atoms with Gasteiger partial charge in [0.05, 0.1) is 0 Å². The standard InChI is InChI=1S/C21H33N5O.HI/c1-2-22-21(23-12-7-14-25-13-6-10-20(25)27)24-16-18-11-15-26(17-18)19-8-4-3-5-9-19;/h3-5,8-9,18H,2,6-7,10-17H2,1H3,(H2,22,23,24);1H. The second-order valence-electron chi connectivity index (χ2n) is 7.42. The molecule has 0 radical (unpaired) electrons. The van der Waals surface area contributed by atoms with Gasteiger partial charge in [0, 0.05) is 57.9 Å². The van der Waals surface area contributed by atoms with Crippen molar-refractivity contribution in [3.05, 3.63) is 30.3 Å². The van der Waals surface area contributed by atoms with E-state index in [-0.39, 0.29) is 24.0 Å². The quantitative estimate of drug-likeness (QED) is 0.250. The van der Waals surface area contributed by atoms with Crippen LogP contribution >= 0.6 is 24.0 Å². The first kappa shape index (κ1) is 22.8. The minimum Gasteiger partial charge on any atom is -0.371 e. The first-order valence-corrected chi connectivity index (χ1v) is 10.4. The Bertz CT molecular complexity index is 624. The van der Waals surface area contributed by atoms with Gasteiger partial charge in [-0.2, -0.15) is 0 Å². The number of carbonyl (C=O) groups is 1. The minimum atomic E-state index is 0. The molecule has 1 unspecified atom stereocenters. The maximum atomic E-state index is 11.6. The number of likely N-dealkylation sites (tertiary alicyclic amines) is 1. The van der Waals surface area contributed by atoms with Gasteiger partial charge in [0.2, 0.25) is 5.91 Å². The van der Waals surface area contributed by atoms with Crippen LogP contribution in [-0.2, 0) is 4.79 Å². The van der Waals surface area contributed by atoms with E-state index in [2.05, 4.69) is 52.8 Å². The van der Waals surface area contributed by atoms with Crippen molar-refractivity contribution >= 4 is 41.5 Å². The van der Waals surface area contributed by atoms with Crippen LogP contribution in [-0.4, -0.2) is 62.6 Å². The Morgan fingerprint density at radius 1 is 1.21 bits per heavy atom. The van der Waals surface area contributed by atoms with Crippen molar-refractivity contribution in [3.63, 3.8) is 0 Å². The molecule has 7 heteroatoms. The minimum absolute atomic E-state index is 0. The van der Waals surface area contributed by atoms with Crippen LogP contribution in [0.3, 0.4) is 0 Å². The first-order valence-electron chi connectivity index (χ1n) is 10.4. The van der Waals surface area contributed by atoms with Crippen molar-refractivity contribution in [2.24, 2.45) is 10.9 Å². The number of aliphatic imine (C=N–C) groups is 1. The number of para-hydroxylation sites is 1. The molecule has 1 atom stereocenters.